The fourth-order valence-corrected chi connectivity index (χ4v) is 0.872. The summed E-state index contributed by atoms with van der Waals surface area (Å²) in [5.41, 5.74) is 5.68. The average molecular weight is 185 g/mol. The van der Waals surface area contributed by atoms with Crippen LogP contribution >= 0.6 is 0 Å². The molecule has 6 nitrogen and oxygen atoms in total. The summed E-state index contributed by atoms with van der Waals surface area (Å²) < 4.78 is 0. The van der Waals surface area contributed by atoms with Crippen LogP contribution in [0.15, 0.2) is 0 Å². The van der Waals surface area contributed by atoms with Crippen molar-refractivity contribution in [2.45, 2.75) is 32.4 Å². The second-order valence-electron chi connectivity index (χ2n) is 3.18. The van der Waals surface area contributed by atoms with Crippen LogP contribution in [0.2, 0.25) is 0 Å². The molecule has 3 N–H and O–H groups in total. The minimum absolute atomic E-state index is 0.0391. The third-order valence-electron chi connectivity index (χ3n) is 1.68. The maximum atomic E-state index is 8.65. The minimum Gasteiger partial charge on any atom is -0.396 e. The van der Waals surface area contributed by atoms with Crippen molar-refractivity contribution in [1.82, 2.24) is 20.2 Å². The summed E-state index contributed by atoms with van der Waals surface area (Å²) >= 11 is 0. The van der Waals surface area contributed by atoms with E-state index in [4.69, 9.17) is 10.8 Å². The van der Waals surface area contributed by atoms with Crippen molar-refractivity contribution in [2.75, 3.05) is 6.61 Å². The number of hydrogen-bond donors (Lipinski definition) is 2. The molecule has 0 aliphatic heterocycles. The van der Waals surface area contributed by atoms with E-state index in [-0.39, 0.29) is 18.7 Å². The Morgan fingerprint density at radius 3 is 2.69 bits per heavy atom. The van der Waals surface area contributed by atoms with E-state index >= 15 is 0 Å². The topological polar surface area (TPSA) is 89.9 Å². The SMILES string of the molecule is CC(C)n1nnc(C(N)CCO)n1. The number of rotatable bonds is 4. The average Bonchev–Trinajstić information content (AvgIpc) is 2.52. The largest absolute Gasteiger partial charge is 0.396 e. The van der Waals surface area contributed by atoms with E-state index in [1.165, 1.54) is 4.80 Å². The number of aliphatic hydroxyl groups excluding tert-OH is 1. The summed E-state index contributed by atoms with van der Waals surface area (Å²) in [7, 11) is 0. The molecule has 0 radical (unpaired) electrons. The molecule has 0 bridgehead atoms. The van der Waals surface area contributed by atoms with E-state index in [9.17, 15) is 0 Å². The second-order valence-corrected chi connectivity index (χ2v) is 3.18. The van der Waals surface area contributed by atoms with Crippen LogP contribution < -0.4 is 5.73 Å². The summed E-state index contributed by atoms with van der Waals surface area (Å²) in [5.74, 6) is 0.489. The van der Waals surface area contributed by atoms with E-state index in [0.29, 0.717) is 12.2 Å². The molecule has 0 aromatic carbocycles. The van der Waals surface area contributed by atoms with Crippen molar-refractivity contribution >= 4 is 0 Å². The van der Waals surface area contributed by atoms with Gasteiger partial charge in [-0.3, -0.25) is 0 Å². The second kappa shape index (κ2) is 4.29. The lowest BCUT2D eigenvalue weighted by Gasteiger charge is -2.03. The lowest BCUT2D eigenvalue weighted by Crippen LogP contribution is -2.14. The molecule has 13 heavy (non-hydrogen) atoms. The molecule has 0 amide bonds. The van der Waals surface area contributed by atoms with Crippen LogP contribution in [0.25, 0.3) is 0 Å². The predicted octanol–water partition coefficient (Wildman–Crippen LogP) is -0.364. The molecule has 6 heteroatoms. The Morgan fingerprint density at radius 1 is 1.54 bits per heavy atom. The van der Waals surface area contributed by atoms with Gasteiger partial charge < -0.3 is 10.8 Å². The zero-order valence-electron chi connectivity index (χ0n) is 7.88. The normalized spacial score (nSPS) is 13.6. The summed E-state index contributed by atoms with van der Waals surface area (Å²) in [6.45, 7) is 3.96. The van der Waals surface area contributed by atoms with Gasteiger partial charge in [0.2, 0.25) is 0 Å². The van der Waals surface area contributed by atoms with Gasteiger partial charge in [0.1, 0.15) is 0 Å². The molecule has 0 aliphatic rings. The maximum Gasteiger partial charge on any atom is 0.191 e. The standard InChI is InChI=1S/C7H15N5O/c1-5(2)12-10-7(9-11-12)6(8)3-4-13/h5-6,13H,3-4,8H2,1-2H3. The van der Waals surface area contributed by atoms with Crippen LogP contribution in [0.3, 0.4) is 0 Å². The Bertz CT molecular complexity index is 259. The summed E-state index contributed by atoms with van der Waals surface area (Å²) in [4.78, 5) is 1.51. The van der Waals surface area contributed by atoms with Gasteiger partial charge in [-0.15, -0.1) is 10.2 Å². The highest BCUT2D eigenvalue weighted by Gasteiger charge is 2.12. The molecular formula is C7H15N5O. The number of tetrazole rings is 1. The Kier molecular flexibility index (Phi) is 3.32. The van der Waals surface area contributed by atoms with Crippen LogP contribution in [-0.4, -0.2) is 31.9 Å². The smallest absolute Gasteiger partial charge is 0.191 e. The third kappa shape index (κ3) is 2.46. The first-order chi connectivity index (χ1) is 6.15. The van der Waals surface area contributed by atoms with Gasteiger partial charge in [-0.25, -0.2) is 0 Å². The van der Waals surface area contributed by atoms with E-state index in [1.807, 2.05) is 13.8 Å². The molecule has 0 spiro atoms. The molecule has 0 fully saturated rings. The van der Waals surface area contributed by atoms with Gasteiger partial charge in [-0.05, 0) is 25.5 Å². The van der Waals surface area contributed by atoms with Gasteiger partial charge in [0, 0.05) is 6.61 Å². The quantitative estimate of drug-likeness (QED) is 0.668. The Morgan fingerprint density at radius 2 is 2.23 bits per heavy atom. The van der Waals surface area contributed by atoms with Crippen LogP contribution in [-0.2, 0) is 0 Å². The van der Waals surface area contributed by atoms with Crippen molar-refractivity contribution in [3.05, 3.63) is 5.82 Å². The van der Waals surface area contributed by atoms with Crippen molar-refractivity contribution in [2.24, 2.45) is 5.73 Å². The van der Waals surface area contributed by atoms with Crippen molar-refractivity contribution < 1.29 is 5.11 Å². The summed E-state index contributed by atoms with van der Waals surface area (Å²) in [6, 6.07) is -0.139. The molecule has 0 aliphatic carbocycles. The Hall–Kier alpha value is -1.01. The first-order valence-corrected chi connectivity index (χ1v) is 4.31. The van der Waals surface area contributed by atoms with Gasteiger partial charge in [-0.2, -0.15) is 4.80 Å². The van der Waals surface area contributed by atoms with Crippen molar-refractivity contribution in [3.8, 4) is 0 Å². The molecule has 0 saturated heterocycles. The lowest BCUT2D eigenvalue weighted by atomic mass is 10.2. The third-order valence-corrected chi connectivity index (χ3v) is 1.68. The van der Waals surface area contributed by atoms with Gasteiger partial charge >= 0.3 is 0 Å². The molecule has 1 aromatic rings. The number of aromatic nitrogens is 4. The van der Waals surface area contributed by atoms with Gasteiger partial charge in [-0.1, -0.05) is 0 Å². The van der Waals surface area contributed by atoms with Crippen LogP contribution in [0.4, 0.5) is 0 Å². The van der Waals surface area contributed by atoms with Crippen molar-refractivity contribution in [1.29, 1.82) is 0 Å². The van der Waals surface area contributed by atoms with Gasteiger partial charge in [0.25, 0.3) is 0 Å². The molecule has 1 rings (SSSR count). The molecule has 1 atom stereocenters. The Balaban J connectivity index is 2.67. The number of hydrogen-bond acceptors (Lipinski definition) is 5. The van der Waals surface area contributed by atoms with E-state index in [2.05, 4.69) is 15.4 Å². The first kappa shape index (κ1) is 10.1. The van der Waals surface area contributed by atoms with Gasteiger partial charge in [0.05, 0.1) is 12.1 Å². The fourth-order valence-electron chi connectivity index (χ4n) is 0.872. The monoisotopic (exact) mass is 185 g/mol. The molecule has 1 aromatic heterocycles. The number of aliphatic hydroxyl groups is 1. The van der Waals surface area contributed by atoms with Crippen LogP contribution in [0.5, 0.6) is 0 Å². The number of nitrogens with two attached hydrogens (primary N) is 1. The number of nitrogens with zero attached hydrogens (tertiary/aromatic N) is 4. The highest BCUT2D eigenvalue weighted by Crippen LogP contribution is 2.07. The summed E-state index contributed by atoms with van der Waals surface area (Å²) in [6.07, 6.45) is 0.462. The zero-order chi connectivity index (χ0) is 9.84. The maximum absolute atomic E-state index is 8.65. The fraction of sp³-hybridized carbons (Fsp3) is 0.857. The Labute approximate surface area is 76.7 Å². The highest BCUT2D eigenvalue weighted by atomic mass is 16.3. The van der Waals surface area contributed by atoms with E-state index < -0.39 is 0 Å². The summed E-state index contributed by atoms with van der Waals surface area (Å²) in [5, 5.41) is 20.4. The van der Waals surface area contributed by atoms with E-state index in [1.54, 1.807) is 0 Å². The molecule has 1 unspecified atom stereocenters. The minimum atomic E-state index is -0.322. The highest BCUT2D eigenvalue weighted by molar-refractivity contribution is 4.86. The van der Waals surface area contributed by atoms with Crippen LogP contribution in [0.1, 0.15) is 38.2 Å². The molecule has 1 heterocycles. The molecule has 74 valence electrons. The molecular weight excluding hydrogens is 170 g/mol. The predicted molar refractivity (Wildman–Crippen MR) is 46.8 cm³/mol. The van der Waals surface area contributed by atoms with E-state index in [0.717, 1.165) is 0 Å². The van der Waals surface area contributed by atoms with Crippen LogP contribution in [0, 0.1) is 0 Å². The first-order valence-electron chi connectivity index (χ1n) is 4.31. The van der Waals surface area contributed by atoms with Crippen molar-refractivity contribution in [3.63, 3.8) is 0 Å². The molecule has 0 saturated carbocycles. The lowest BCUT2D eigenvalue weighted by molar-refractivity contribution is 0.274. The van der Waals surface area contributed by atoms with Gasteiger partial charge in [0.15, 0.2) is 5.82 Å². The zero-order valence-corrected chi connectivity index (χ0v) is 7.88.